The molecular weight excluding hydrogens is 244 g/mol. The van der Waals surface area contributed by atoms with Crippen molar-refractivity contribution in [3.8, 4) is 0 Å². The summed E-state index contributed by atoms with van der Waals surface area (Å²) < 4.78 is 28.9. The van der Waals surface area contributed by atoms with Gasteiger partial charge in [0, 0.05) is 0 Å². The molecule has 1 aromatic rings. The summed E-state index contributed by atoms with van der Waals surface area (Å²) in [5, 5.41) is 4.85. The molecule has 0 amide bonds. The van der Waals surface area contributed by atoms with E-state index in [-0.39, 0.29) is 17.4 Å². The van der Waals surface area contributed by atoms with Gasteiger partial charge in [-0.05, 0) is 26.0 Å². The van der Waals surface area contributed by atoms with Crippen LogP contribution in [0.2, 0.25) is 0 Å². The summed E-state index contributed by atoms with van der Waals surface area (Å²) in [4.78, 5) is 11.7. The van der Waals surface area contributed by atoms with Crippen LogP contribution in [0.25, 0.3) is 0 Å². The third kappa shape index (κ3) is 4.41. The van der Waals surface area contributed by atoms with E-state index in [2.05, 4.69) is 4.72 Å². The van der Waals surface area contributed by atoms with Gasteiger partial charge in [-0.25, -0.2) is 9.93 Å². The predicted octanol–water partition coefficient (Wildman–Crippen LogP) is 0.867. The van der Waals surface area contributed by atoms with Gasteiger partial charge in [0.25, 0.3) is 10.2 Å². The molecule has 6 nitrogen and oxygen atoms in total. The van der Waals surface area contributed by atoms with Crippen LogP contribution < -0.4 is 9.86 Å². The number of carbonyl (C=O) groups excluding carboxylic acids is 1. The number of nitrogens with one attached hydrogen (secondary N) is 1. The van der Waals surface area contributed by atoms with E-state index in [1.54, 1.807) is 26.0 Å². The summed E-state index contributed by atoms with van der Waals surface area (Å²) in [6.07, 6.45) is -0.287. The predicted molar refractivity (Wildman–Crippen MR) is 63.7 cm³/mol. The van der Waals surface area contributed by atoms with Gasteiger partial charge in [-0.2, -0.15) is 8.42 Å². The zero-order valence-corrected chi connectivity index (χ0v) is 10.3. The Balaban J connectivity index is 3.04. The smallest absolute Gasteiger partial charge is 0.340 e. The Bertz CT molecular complexity index is 511. The van der Waals surface area contributed by atoms with Crippen LogP contribution in [0, 0.1) is 0 Å². The molecule has 1 rings (SSSR count). The van der Waals surface area contributed by atoms with Gasteiger partial charge in [-0.3, -0.25) is 4.72 Å². The number of nitrogens with two attached hydrogens (primary N) is 1. The number of benzene rings is 1. The molecule has 0 radical (unpaired) electrons. The lowest BCUT2D eigenvalue weighted by molar-refractivity contribution is 0.0379. The molecule has 0 saturated heterocycles. The van der Waals surface area contributed by atoms with Gasteiger partial charge in [0.2, 0.25) is 0 Å². The van der Waals surface area contributed by atoms with Crippen molar-refractivity contribution in [2.45, 2.75) is 20.0 Å². The van der Waals surface area contributed by atoms with E-state index in [0.29, 0.717) is 0 Å². The maximum Gasteiger partial charge on any atom is 0.340 e. The lowest BCUT2D eigenvalue weighted by Crippen LogP contribution is -2.23. The third-order valence-electron chi connectivity index (χ3n) is 1.74. The van der Waals surface area contributed by atoms with Crippen molar-refractivity contribution in [1.29, 1.82) is 0 Å². The monoisotopic (exact) mass is 258 g/mol. The molecule has 3 N–H and O–H groups in total. The summed E-state index contributed by atoms with van der Waals surface area (Å²) in [7, 11) is -3.92. The van der Waals surface area contributed by atoms with Crippen molar-refractivity contribution in [3.63, 3.8) is 0 Å². The molecule has 17 heavy (non-hydrogen) atoms. The molecule has 0 bridgehead atoms. The molecule has 0 spiro atoms. The lowest BCUT2D eigenvalue weighted by atomic mass is 10.2. The van der Waals surface area contributed by atoms with E-state index < -0.39 is 16.2 Å². The zero-order chi connectivity index (χ0) is 13.1. The van der Waals surface area contributed by atoms with Crippen LogP contribution in [0.1, 0.15) is 24.2 Å². The molecule has 0 saturated carbocycles. The summed E-state index contributed by atoms with van der Waals surface area (Å²) >= 11 is 0. The average Bonchev–Trinajstić information content (AvgIpc) is 2.14. The highest BCUT2D eigenvalue weighted by atomic mass is 32.2. The highest BCUT2D eigenvalue weighted by molar-refractivity contribution is 7.90. The fraction of sp³-hybridized carbons (Fsp3) is 0.300. The van der Waals surface area contributed by atoms with Crippen molar-refractivity contribution in [2.75, 3.05) is 4.72 Å². The Kier molecular flexibility index (Phi) is 4.08. The first kappa shape index (κ1) is 13.5. The van der Waals surface area contributed by atoms with Crippen molar-refractivity contribution in [3.05, 3.63) is 29.8 Å². The van der Waals surface area contributed by atoms with Crippen LogP contribution in [0.3, 0.4) is 0 Å². The van der Waals surface area contributed by atoms with Gasteiger partial charge in [-0.15, -0.1) is 0 Å². The normalized spacial score (nSPS) is 11.3. The number of para-hydroxylation sites is 1. The number of esters is 1. The van der Waals surface area contributed by atoms with E-state index in [9.17, 15) is 13.2 Å². The third-order valence-corrected chi connectivity index (χ3v) is 2.25. The van der Waals surface area contributed by atoms with Gasteiger partial charge in [-0.1, -0.05) is 12.1 Å². The van der Waals surface area contributed by atoms with E-state index in [0.717, 1.165) is 0 Å². The average molecular weight is 258 g/mol. The van der Waals surface area contributed by atoms with Crippen molar-refractivity contribution >= 4 is 21.9 Å². The number of hydrogen-bond acceptors (Lipinski definition) is 4. The molecule has 0 unspecified atom stereocenters. The standard InChI is InChI=1S/C10H14N2O4S/c1-7(2)16-10(13)8-5-3-4-6-9(8)12-17(11,14)15/h3-7,12H,1-2H3,(H2,11,14,15). The van der Waals surface area contributed by atoms with E-state index in [1.807, 2.05) is 0 Å². The number of anilines is 1. The quantitative estimate of drug-likeness (QED) is 0.783. The highest BCUT2D eigenvalue weighted by Crippen LogP contribution is 2.17. The number of hydrogen-bond donors (Lipinski definition) is 2. The first-order valence-electron chi connectivity index (χ1n) is 4.90. The van der Waals surface area contributed by atoms with Crippen molar-refractivity contribution in [2.24, 2.45) is 5.14 Å². The van der Waals surface area contributed by atoms with E-state index in [4.69, 9.17) is 9.88 Å². The number of carbonyl (C=O) groups is 1. The van der Waals surface area contributed by atoms with Crippen LogP contribution in [0.4, 0.5) is 5.69 Å². The summed E-state index contributed by atoms with van der Waals surface area (Å²) in [5.41, 5.74) is 0.218. The Labute approximate surface area is 100.0 Å². The second kappa shape index (κ2) is 5.15. The highest BCUT2D eigenvalue weighted by Gasteiger charge is 2.15. The van der Waals surface area contributed by atoms with Crippen molar-refractivity contribution < 1.29 is 17.9 Å². The van der Waals surface area contributed by atoms with Crippen LogP contribution >= 0.6 is 0 Å². The lowest BCUT2D eigenvalue weighted by Gasteiger charge is -2.11. The first-order valence-corrected chi connectivity index (χ1v) is 6.45. The molecule has 0 atom stereocenters. The summed E-state index contributed by atoms with van der Waals surface area (Å²) in [5.74, 6) is -0.605. The molecule has 0 aliphatic heterocycles. The maximum atomic E-state index is 11.7. The van der Waals surface area contributed by atoms with E-state index in [1.165, 1.54) is 12.1 Å². The Hall–Kier alpha value is -1.60. The molecule has 0 aliphatic carbocycles. The summed E-state index contributed by atoms with van der Waals surface area (Å²) in [6.45, 7) is 3.40. The fourth-order valence-corrected chi connectivity index (χ4v) is 1.67. The van der Waals surface area contributed by atoms with Gasteiger partial charge < -0.3 is 4.74 Å². The van der Waals surface area contributed by atoms with Gasteiger partial charge in [0.05, 0.1) is 17.4 Å². The van der Waals surface area contributed by atoms with Crippen LogP contribution in [0.5, 0.6) is 0 Å². The minimum atomic E-state index is -3.92. The van der Waals surface area contributed by atoms with Gasteiger partial charge in [0.1, 0.15) is 0 Å². The van der Waals surface area contributed by atoms with Crippen LogP contribution in [0.15, 0.2) is 24.3 Å². The number of rotatable bonds is 4. The zero-order valence-electron chi connectivity index (χ0n) is 9.51. The largest absolute Gasteiger partial charge is 0.459 e. The second-order valence-electron chi connectivity index (χ2n) is 3.65. The maximum absolute atomic E-state index is 11.7. The fourth-order valence-electron chi connectivity index (χ4n) is 1.18. The van der Waals surface area contributed by atoms with Crippen molar-refractivity contribution in [1.82, 2.24) is 0 Å². The Morgan fingerprint density at radius 2 is 1.94 bits per heavy atom. The molecule has 7 heteroatoms. The summed E-state index contributed by atoms with van der Waals surface area (Å²) in [6, 6.07) is 6.07. The van der Waals surface area contributed by atoms with Crippen LogP contribution in [-0.4, -0.2) is 20.5 Å². The van der Waals surface area contributed by atoms with E-state index >= 15 is 0 Å². The molecule has 0 fully saturated rings. The second-order valence-corrected chi connectivity index (χ2v) is 4.94. The molecule has 0 aromatic heterocycles. The molecule has 1 aromatic carbocycles. The molecule has 0 aliphatic rings. The Morgan fingerprint density at radius 3 is 2.47 bits per heavy atom. The molecular formula is C10H14N2O4S. The van der Waals surface area contributed by atoms with Gasteiger partial charge >= 0.3 is 5.97 Å². The SMILES string of the molecule is CC(C)OC(=O)c1ccccc1NS(N)(=O)=O. The number of ether oxygens (including phenoxy) is 1. The Morgan fingerprint density at radius 1 is 1.35 bits per heavy atom. The molecule has 0 heterocycles. The minimum absolute atomic E-state index is 0.0978. The van der Waals surface area contributed by atoms with Crippen LogP contribution in [-0.2, 0) is 14.9 Å². The molecule has 94 valence electrons. The topological polar surface area (TPSA) is 98.5 Å². The minimum Gasteiger partial charge on any atom is -0.459 e. The first-order chi connectivity index (χ1) is 7.79. The van der Waals surface area contributed by atoms with Gasteiger partial charge in [0.15, 0.2) is 0 Å².